The lowest BCUT2D eigenvalue weighted by atomic mass is 10.0. The molecule has 0 saturated carbocycles. The van der Waals surface area contributed by atoms with Gasteiger partial charge in [-0.15, -0.1) is 0 Å². The maximum Gasteiger partial charge on any atom is 0.131 e. The average Bonchev–Trinajstić information content (AvgIpc) is 2.08. The van der Waals surface area contributed by atoms with Crippen LogP contribution in [0.3, 0.4) is 0 Å². The second-order valence-electron chi connectivity index (χ2n) is 3.28. The number of rotatable bonds is 2. The second-order valence-corrected chi connectivity index (χ2v) is 3.28. The van der Waals surface area contributed by atoms with Crippen LogP contribution in [0.25, 0.3) is 0 Å². The molecule has 0 aromatic heterocycles. The zero-order valence-corrected chi connectivity index (χ0v) is 7.79. The van der Waals surface area contributed by atoms with Crippen molar-refractivity contribution >= 4 is 0 Å². The van der Waals surface area contributed by atoms with E-state index < -0.39 is 12.1 Å². The van der Waals surface area contributed by atoms with Crippen LogP contribution in [0.1, 0.15) is 24.2 Å². The first-order valence-electron chi connectivity index (χ1n) is 4.22. The summed E-state index contributed by atoms with van der Waals surface area (Å²) in [4.78, 5) is 0. The summed E-state index contributed by atoms with van der Waals surface area (Å²) in [6, 6.07) is 4.46. The van der Waals surface area contributed by atoms with E-state index in [1.165, 1.54) is 0 Å². The van der Waals surface area contributed by atoms with Crippen molar-refractivity contribution in [1.29, 1.82) is 0 Å². The molecule has 0 spiro atoms. The Labute approximate surface area is 77.2 Å². The quantitative estimate of drug-likeness (QED) is 0.730. The van der Waals surface area contributed by atoms with Gasteiger partial charge >= 0.3 is 0 Å². The molecule has 13 heavy (non-hydrogen) atoms. The second kappa shape index (κ2) is 3.85. The summed E-state index contributed by atoms with van der Waals surface area (Å²) in [6.07, 6.45) is -0.931. The fourth-order valence-electron chi connectivity index (χ4n) is 1.18. The molecule has 0 aliphatic rings. The number of nitrogens with two attached hydrogens (primary N) is 1. The number of benzene rings is 1. The standard InChI is InChI=1S/C10H14FNO/c1-6-4-3-5-8(9(6)11)10(13)7(2)12/h3-5,7,10,13H,12H2,1-2H3/t7-,10-/m1/s1. The third-order valence-corrected chi connectivity index (χ3v) is 2.04. The fraction of sp³-hybridized carbons (Fsp3) is 0.400. The first kappa shape index (κ1) is 10.2. The molecule has 1 aromatic rings. The number of aliphatic hydroxyl groups excluding tert-OH is 1. The summed E-state index contributed by atoms with van der Waals surface area (Å²) in [6.45, 7) is 3.30. The van der Waals surface area contributed by atoms with Crippen LogP contribution in [-0.2, 0) is 0 Å². The molecular formula is C10H14FNO. The van der Waals surface area contributed by atoms with E-state index in [0.717, 1.165) is 0 Å². The smallest absolute Gasteiger partial charge is 0.131 e. The predicted octanol–water partition coefficient (Wildman–Crippen LogP) is 1.51. The Bertz CT molecular complexity index is 299. The van der Waals surface area contributed by atoms with E-state index in [2.05, 4.69) is 0 Å². The van der Waals surface area contributed by atoms with E-state index >= 15 is 0 Å². The minimum absolute atomic E-state index is 0.273. The zero-order chi connectivity index (χ0) is 10.0. The van der Waals surface area contributed by atoms with Crippen LogP contribution in [0.4, 0.5) is 4.39 Å². The highest BCUT2D eigenvalue weighted by Gasteiger charge is 2.17. The Hall–Kier alpha value is -0.930. The van der Waals surface area contributed by atoms with Gasteiger partial charge in [0.2, 0.25) is 0 Å². The summed E-state index contributed by atoms with van der Waals surface area (Å²) in [5, 5.41) is 9.54. The first-order valence-corrected chi connectivity index (χ1v) is 4.22. The molecule has 2 atom stereocenters. The molecule has 3 N–H and O–H groups in total. The van der Waals surface area contributed by atoms with Crippen molar-refractivity contribution in [2.24, 2.45) is 5.73 Å². The molecule has 0 radical (unpaired) electrons. The van der Waals surface area contributed by atoms with Crippen molar-refractivity contribution in [2.45, 2.75) is 26.0 Å². The molecule has 1 aromatic carbocycles. The molecule has 1 rings (SSSR count). The number of aliphatic hydroxyl groups is 1. The van der Waals surface area contributed by atoms with Crippen LogP contribution in [0.15, 0.2) is 18.2 Å². The molecule has 0 aliphatic heterocycles. The van der Waals surface area contributed by atoms with Gasteiger partial charge in [-0.3, -0.25) is 0 Å². The molecule has 3 heteroatoms. The van der Waals surface area contributed by atoms with Crippen molar-refractivity contribution in [2.75, 3.05) is 0 Å². The highest BCUT2D eigenvalue weighted by Crippen LogP contribution is 2.21. The van der Waals surface area contributed by atoms with Crippen LogP contribution in [0.5, 0.6) is 0 Å². The van der Waals surface area contributed by atoms with E-state index in [1.807, 2.05) is 0 Å². The first-order chi connectivity index (χ1) is 6.04. The van der Waals surface area contributed by atoms with Crippen molar-refractivity contribution in [3.05, 3.63) is 35.1 Å². The Kier molecular flexibility index (Phi) is 3.01. The largest absolute Gasteiger partial charge is 0.387 e. The van der Waals surface area contributed by atoms with Gasteiger partial charge in [0.05, 0.1) is 6.10 Å². The van der Waals surface area contributed by atoms with E-state index in [-0.39, 0.29) is 11.4 Å². The molecule has 72 valence electrons. The summed E-state index contributed by atoms with van der Waals surface area (Å²) in [5.74, 6) is -0.368. The topological polar surface area (TPSA) is 46.2 Å². The lowest BCUT2D eigenvalue weighted by molar-refractivity contribution is 0.149. The Morgan fingerprint density at radius 2 is 2.08 bits per heavy atom. The Balaban J connectivity index is 3.07. The molecule has 0 unspecified atom stereocenters. The van der Waals surface area contributed by atoms with E-state index in [0.29, 0.717) is 5.56 Å². The molecular weight excluding hydrogens is 169 g/mol. The summed E-state index contributed by atoms with van der Waals surface area (Å²) < 4.78 is 13.4. The third-order valence-electron chi connectivity index (χ3n) is 2.04. The van der Waals surface area contributed by atoms with Gasteiger partial charge in [-0.25, -0.2) is 4.39 Å². The van der Waals surface area contributed by atoms with Gasteiger partial charge in [0, 0.05) is 11.6 Å². The van der Waals surface area contributed by atoms with Crippen LogP contribution < -0.4 is 5.73 Å². The molecule has 2 nitrogen and oxygen atoms in total. The molecule has 0 saturated heterocycles. The summed E-state index contributed by atoms with van der Waals surface area (Å²) in [7, 11) is 0. The monoisotopic (exact) mass is 183 g/mol. The van der Waals surface area contributed by atoms with Gasteiger partial charge in [0.1, 0.15) is 5.82 Å². The minimum Gasteiger partial charge on any atom is -0.387 e. The van der Waals surface area contributed by atoms with Gasteiger partial charge < -0.3 is 10.8 Å². The Morgan fingerprint density at radius 3 is 2.62 bits per heavy atom. The number of aryl methyl sites for hydroxylation is 1. The zero-order valence-electron chi connectivity index (χ0n) is 7.79. The number of halogens is 1. The van der Waals surface area contributed by atoms with Crippen LogP contribution in [-0.4, -0.2) is 11.1 Å². The minimum atomic E-state index is -0.931. The van der Waals surface area contributed by atoms with E-state index in [9.17, 15) is 9.50 Å². The number of hydrogen-bond acceptors (Lipinski definition) is 2. The molecule has 0 bridgehead atoms. The van der Waals surface area contributed by atoms with Gasteiger partial charge in [-0.2, -0.15) is 0 Å². The lowest BCUT2D eigenvalue weighted by Crippen LogP contribution is -2.25. The van der Waals surface area contributed by atoms with Crippen LogP contribution >= 0.6 is 0 Å². The van der Waals surface area contributed by atoms with Crippen LogP contribution in [0.2, 0.25) is 0 Å². The molecule has 0 aliphatic carbocycles. The lowest BCUT2D eigenvalue weighted by Gasteiger charge is -2.16. The van der Waals surface area contributed by atoms with Gasteiger partial charge in [-0.05, 0) is 19.4 Å². The highest BCUT2D eigenvalue weighted by atomic mass is 19.1. The van der Waals surface area contributed by atoms with Gasteiger partial charge in [0.15, 0.2) is 0 Å². The molecule has 0 amide bonds. The van der Waals surface area contributed by atoms with Gasteiger partial charge in [0.25, 0.3) is 0 Å². The van der Waals surface area contributed by atoms with Crippen molar-refractivity contribution in [1.82, 2.24) is 0 Å². The highest BCUT2D eigenvalue weighted by molar-refractivity contribution is 5.27. The summed E-state index contributed by atoms with van der Waals surface area (Å²) >= 11 is 0. The molecule has 0 heterocycles. The number of hydrogen-bond donors (Lipinski definition) is 2. The Morgan fingerprint density at radius 1 is 1.46 bits per heavy atom. The SMILES string of the molecule is Cc1cccc([C@H](O)[C@@H](C)N)c1F. The predicted molar refractivity (Wildman–Crippen MR) is 49.7 cm³/mol. The fourth-order valence-corrected chi connectivity index (χ4v) is 1.18. The van der Waals surface area contributed by atoms with Crippen molar-refractivity contribution < 1.29 is 9.50 Å². The van der Waals surface area contributed by atoms with Gasteiger partial charge in [-0.1, -0.05) is 18.2 Å². The average molecular weight is 183 g/mol. The molecule has 0 fully saturated rings. The van der Waals surface area contributed by atoms with Crippen molar-refractivity contribution in [3.63, 3.8) is 0 Å². The normalized spacial score (nSPS) is 15.5. The third kappa shape index (κ3) is 2.05. The van der Waals surface area contributed by atoms with E-state index in [1.54, 1.807) is 32.0 Å². The maximum absolute atomic E-state index is 13.4. The van der Waals surface area contributed by atoms with Crippen molar-refractivity contribution in [3.8, 4) is 0 Å². The van der Waals surface area contributed by atoms with E-state index in [4.69, 9.17) is 5.73 Å². The summed E-state index contributed by atoms with van der Waals surface area (Å²) in [5.41, 5.74) is 6.27. The van der Waals surface area contributed by atoms with Crippen LogP contribution in [0, 0.1) is 12.7 Å². The maximum atomic E-state index is 13.4.